The van der Waals surface area contributed by atoms with E-state index in [1.807, 2.05) is 42.9 Å². The van der Waals surface area contributed by atoms with Crippen LogP contribution in [0, 0.1) is 6.92 Å². The summed E-state index contributed by atoms with van der Waals surface area (Å²) in [7, 11) is 1.97. The zero-order chi connectivity index (χ0) is 11.7. The molecule has 0 aliphatic carbocycles. The standard InChI is InChI=1S/C11H11Br2N3/c1-7-6-16(2)11(14-7)15-10-4-3-8(12)5-9(10)13/h3-6H,1-2H3,(H,14,15). The van der Waals surface area contributed by atoms with E-state index in [4.69, 9.17) is 0 Å². The maximum absolute atomic E-state index is 4.39. The van der Waals surface area contributed by atoms with Gasteiger partial charge in [-0.1, -0.05) is 15.9 Å². The number of benzene rings is 1. The zero-order valence-corrected chi connectivity index (χ0v) is 12.1. The van der Waals surface area contributed by atoms with E-state index in [0.717, 1.165) is 26.3 Å². The molecule has 1 aromatic carbocycles. The van der Waals surface area contributed by atoms with Crippen LogP contribution in [0.3, 0.4) is 0 Å². The van der Waals surface area contributed by atoms with E-state index < -0.39 is 0 Å². The Bertz CT molecular complexity index is 520. The SMILES string of the molecule is Cc1cn(C)c(Nc2ccc(Br)cc2Br)n1. The van der Waals surface area contributed by atoms with Crippen LogP contribution in [0.5, 0.6) is 0 Å². The molecule has 1 heterocycles. The van der Waals surface area contributed by atoms with Crippen molar-refractivity contribution in [1.29, 1.82) is 0 Å². The first-order chi connectivity index (χ1) is 7.56. The third-order valence-electron chi connectivity index (χ3n) is 2.17. The number of hydrogen-bond donors (Lipinski definition) is 1. The van der Waals surface area contributed by atoms with Gasteiger partial charge < -0.3 is 9.88 Å². The summed E-state index contributed by atoms with van der Waals surface area (Å²) in [5.41, 5.74) is 2.00. The van der Waals surface area contributed by atoms with E-state index in [1.165, 1.54) is 0 Å². The van der Waals surface area contributed by atoms with Crippen molar-refractivity contribution >= 4 is 43.5 Å². The Kier molecular flexibility index (Phi) is 3.35. The van der Waals surface area contributed by atoms with E-state index >= 15 is 0 Å². The second-order valence-electron chi connectivity index (χ2n) is 3.57. The Morgan fingerprint density at radius 1 is 1.31 bits per heavy atom. The summed E-state index contributed by atoms with van der Waals surface area (Å²) < 4.78 is 4.01. The molecule has 0 amide bonds. The first-order valence-corrected chi connectivity index (χ1v) is 6.37. The molecule has 0 aliphatic rings. The van der Waals surface area contributed by atoms with Crippen LogP contribution in [0.15, 0.2) is 33.3 Å². The third-order valence-corrected chi connectivity index (χ3v) is 3.32. The molecule has 0 bridgehead atoms. The minimum Gasteiger partial charge on any atom is -0.325 e. The molecule has 0 aliphatic heterocycles. The van der Waals surface area contributed by atoms with Crippen LogP contribution in [0.2, 0.25) is 0 Å². The van der Waals surface area contributed by atoms with E-state index in [-0.39, 0.29) is 0 Å². The molecule has 5 heteroatoms. The van der Waals surface area contributed by atoms with Crippen LogP contribution >= 0.6 is 31.9 Å². The van der Waals surface area contributed by atoms with Gasteiger partial charge in [-0.25, -0.2) is 4.98 Å². The van der Waals surface area contributed by atoms with Crippen molar-refractivity contribution in [3.63, 3.8) is 0 Å². The molecule has 3 nitrogen and oxygen atoms in total. The van der Waals surface area contributed by atoms with Gasteiger partial charge in [-0.2, -0.15) is 0 Å². The Hall–Kier alpha value is -0.810. The Balaban J connectivity index is 2.30. The number of aromatic nitrogens is 2. The van der Waals surface area contributed by atoms with Gasteiger partial charge in [0.25, 0.3) is 0 Å². The lowest BCUT2D eigenvalue weighted by Gasteiger charge is -2.08. The summed E-state index contributed by atoms with van der Waals surface area (Å²) in [6.07, 6.45) is 1.98. The summed E-state index contributed by atoms with van der Waals surface area (Å²) in [6, 6.07) is 5.99. The van der Waals surface area contributed by atoms with Crippen LogP contribution in [-0.2, 0) is 7.05 Å². The normalized spacial score (nSPS) is 10.5. The summed E-state index contributed by atoms with van der Waals surface area (Å²) in [5.74, 6) is 0.834. The minimum absolute atomic E-state index is 0.834. The lowest BCUT2D eigenvalue weighted by atomic mass is 10.3. The van der Waals surface area contributed by atoms with E-state index in [2.05, 4.69) is 42.2 Å². The van der Waals surface area contributed by atoms with Gasteiger partial charge in [0.05, 0.1) is 11.4 Å². The predicted octanol–water partition coefficient (Wildman–Crippen LogP) is 4.00. The molecule has 0 saturated heterocycles. The van der Waals surface area contributed by atoms with E-state index in [9.17, 15) is 0 Å². The predicted molar refractivity (Wildman–Crippen MR) is 73.1 cm³/mol. The van der Waals surface area contributed by atoms with Gasteiger partial charge >= 0.3 is 0 Å². The molecule has 0 fully saturated rings. The number of anilines is 2. The van der Waals surface area contributed by atoms with Crippen molar-refractivity contribution in [3.05, 3.63) is 39.0 Å². The van der Waals surface area contributed by atoms with Crippen molar-refractivity contribution in [1.82, 2.24) is 9.55 Å². The molecular formula is C11H11Br2N3. The van der Waals surface area contributed by atoms with Gasteiger partial charge in [0.15, 0.2) is 0 Å². The summed E-state index contributed by atoms with van der Waals surface area (Å²) in [4.78, 5) is 4.39. The highest BCUT2D eigenvalue weighted by atomic mass is 79.9. The lowest BCUT2D eigenvalue weighted by molar-refractivity contribution is 0.923. The maximum Gasteiger partial charge on any atom is 0.207 e. The first kappa shape index (κ1) is 11.7. The molecular weight excluding hydrogens is 334 g/mol. The van der Waals surface area contributed by atoms with Crippen LogP contribution in [0.4, 0.5) is 11.6 Å². The molecule has 1 N–H and O–H groups in total. The van der Waals surface area contributed by atoms with Crippen LogP contribution in [0.25, 0.3) is 0 Å². The monoisotopic (exact) mass is 343 g/mol. The lowest BCUT2D eigenvalue weighted by Crippen LogP contribution is -1.98. The van der Waals surface area contributed by atoms with Gasteiger partial charge in [-0.05, 0) is 41.1 Å². The summed E-state index contributed by atoms with van der Waals surface area (Å²) in [6.45, 7) is 1.97. The van der Waals surface area contributed by atoms with Crippen LogP contribution in [0.1, 0.15) is 5.69 Å². The topological polar surface area (TPSA) is 29.9 Å². The Labute approximate surface area is 111 Å². The minimum atomic E-state index is 0.834. The molecule has 2 rings (SSSR count). The van der Waals surface area contributed by atoms with Gasteiger partial charge in [-0.3, -0.25) is 0 Å². The highest BCUT2D eigenvalue weighted by Crippen LogP contribution is 2.28. The highest BCUT2D eigenvalue weighted by molar-refractivity contribution is 9.11. The first-order valence-electron chi connectivity index (χ1n) is 4.78. The van der Waals surface area contributed by atoms with Gasteiger partial charge in [0.2, 0.25) is 5.95 Å². The quantitative estimate of drug-likeness (QED) is 0.892. The van der Waals surface area contributed by atoms with Gasteiger partial charge in [-0.15, -0.1) is 0 Å². The molecule has 1 aromatic heterocycles. The van der Waals surface area contributed by atoms with Crippen molar-refractivity contribution < 1.29 is 0 Å². The zero-order valence-electron chi connectivity index (χ0n) is 8.96. The van der Waals surface area contributed by atoms with Crippen LogP contribution in [-0.4, -0.2) is 9.55 Å². The molecule has 0 radical (unpaired) electrons. The van der Waals surface area contributed by atoms with Crippen molar-refractivity contribution in [2.75, 3.05) is 5.32 Å². The smallest absolute Gasteiger partial charge is 0.207 e. The third kappa shape index (κ3) is 2.47. The summed E-state index contributed by atoms with van der Waals surface area (Å²) in [5, 5.41) is 3.27. The number of nitrogens with one attached hydrogen (secondary N) is 1. The second-order valence-corrected chi connectivity index (χ2v) is 5.34. The molecule has 0 atom stereocenters. The Morgan fingerprint density at radius 2 is 2.06 bits per heavy atom. The number of halogens is 2. The van der Waals surface area contributed by atoms with Crippen molar-refractivity contribution in [2.24, 2.45) is 7.05 Å². The molecule has 2 aromatic rings. The number of rotatable bonds is 2. The van der Waals surface area contributed by atoms with Gasteiger partial charge in [0.1, 0.15) is 0 Å². The number of imidazole rings is 1. The molecule has 0 unspecified atom stereocenters. The van der Waals surface area contributed by atoms with Crippen LogP contribution < -0.4 is 5.32 Å². The number of hydrogen-bond acceptors (Lipinski definition) is 2. The number of aryl methyl sites for hydroxylation is 2. The molecule has 0 saturated carbocycles. The van der Waals surface area contributed by atoms with Gasteiger partial charge in [0, 0.05) is 22.2 Å². The van der Waals surface area contributed by atoms with E-state index in [0.29, 0.717) is 0 Å². The van der Waals surface area contributed by atoms with Crippen molar-refractivity contribution in [2.45, 2.75) is 6.92 Å². The number of nitrogens with zero attached hydrogens (tertiary/aromatic N) is 2. The average Bonchev–Trinajstić information content (AvgIpc) is 2.50. The molecule has 16 heavy (non-hydrogen) atoms. The second kappa shape index (κ2) is 4.59. The summed E-state index contributed by atoms with van der Waals surface area (Å²) >= 11 is 6.93. The fourth-order valence-corrected chi connectivity index (χ4v) is 2.59. The maximum atomic E-state index is 4.39. The molecule has 84 valence electrons. The van der Waals surface area contributed by atoms with E-state index in [1.54, 1.807) is 0 Å². The fourth-order valence-electron chi connectivity index (χ4n) is 1.44. The largest absolute Gasteiger partial charge is 0.325 e. The molecule has 0 spiro atoms. The highest BCUT2D eigenvalue weighted by Gasteiger charge is 2.05. The van der Waals surface area contributed by atoms with Crippen molar-refractivity contribution in [3.8, 4) is 0 Å². The Morgan fingerprint density at radius 3 is 2.62 bits per heavy atom. The average molecular weight is 345 g/mol. The fraction of sp³-hybridized carbons (Fsp3) is 0.182.